The summed E-state index contributed by atoms with van der Waals surface area (Å²) in [6, 6.07) is 5.02. The molecular formula is C16H18Cl2N2O4. The van der Waals surface area contributed by atoms with Gasteiger partial charge in [0.1, 0.15) is 12.4 Å². The maximum atomic E-state index is 12.3. The predicted molar refractivity (Wildman–Crippen MR) is 89.6 cm³/mol. The summed E-state index contributed by atoms with van der Waals surface area (Å²) in [5, 5.41) is 0.891. The van der Waals surface area contributed by atoms with Crippen molar-refractivity contribution in [3.63, 3.8) is 0 Å². The number of carbonyl (C=O) groups is 2. The number of amides is 2. The Morgan fingerprint density at radius 2 is 2.00 bits per heavy atom. The van der Waals surface area contributed by atoms with Gasteiger partial charge in [-0.25, -0.2) is 4.79 Å². The Morgan fingerprint density at radius 1 is 1.25 bits per heavy atom. The van der Waals surface area contributed by atoms with Crippen molar-refractivity contribution in [1.82, 2.24) is 9.80 Å². The van der Waals surface area contributed by atoms with E-state index in [1.54, 1.807) is 28.0 Å². The Kier molecular flexibility index (Phi) is 5.36. The Morgan fingerprint density at radius 3 is 2.62 bits per heavy atom. The van der Waals surface area contributed by atoms with Crippen molar-refractivity contribution in [3.05, 3.63) is 28.2 Å². The maximum Gasteiger partial charge on any atom is 0.410 e. The first kappa shape index (κ1) is 17.2. The molecular weight excluding hydrogens is 355 g/mol. The zero-order valence-electron chi connectivity index (χ0n) is 13.0. The molecule has 2 aliphatic rings. The van der Waals surface area contributed by atoms with Crippen molar-refractivity contribution in [2.45, 2.75) is 18.9 Å². The minimum Gasteiger partial charge on any atom is -0.482 e. The highest BCUT2D eigenvalue weighted by atomic mass is 35.5. The lowest BCUT2D eigenvalue weighted by Crippen LogP contribution is -2.48. The van der Waals surface area contributed by atoms with E-state index in [-0.39, 0.29) is 24.6 Å². The molecule has 0 aromatic heterocycles. The summed E-state index contributed by atoms with van der Waals surface area (Å²) in [7, 11) is 0. The van der Waals surface area contributed by atoms with E-state index in [1.165, 1.54) is 0 Å². The number of rotatable bonds is 4. The number of benzene rings is 1. The summed E-state index contributed by atoms with van der Waals surface area (Å²) >= 11 is 11.8. The normalized spacial score (nSPS) is 18.7. The SMILES string of the molecule is O=C(COc1ccc(Cl)cc1Cl)N1CCC(N2CCOC2=O)CC1. The van der Waals surface area contributed by atoms with Crippen LogP contribution in [0.2, 0.25) is 10.0 Å². The lowest BCUT2D eigenvalue weighted by atomic mass is 10.0. The third kappa shape index (κ3) is 3.87. The number of hydrogen-bond donors (Lipinski definition) is 0. The lowest BCUT2D eigenvalue weighted by molar-refractivity contribution is -0.134. The maximum absolute atomic E-state index is 12.3. The molecule has 0 saturated carbocycles. The minimum atomic E-state index is -0.250. The van der Waals surface area contributed by atoms with Gasteiger partial charge in [-0.3, -0.25) is 4.79 Å². The van der Waals surface area contributed by atoms with Gasteiger partial charge in [0, 0.05) is 24.2 Å². The van der Waals surface area contributed by atoms with Gasteiger partial charge in [-0.1, -0.05) is 23.2 Å². The van der Waals surface area contributed by atoms with Crippen LogP contribution in [0.15, 0.2) is 18.2 Å². The summed E-state index contributed by atoms with van der Waals surface area (Å²) in [6.45, 7) is 2.22. The molecule has 130 valence electrons. The van der Waals surface area contributed by atoms with Crippen molar-refractivity contribution in [3.8, 4) is 5.75 Å². The average molecular weight is 373 g/mol. The second kappa shape index (κ2) is 7.49. The molecule has 3 rings (SSSR count). The monoisotopic (exact) mass is 372 g/mol. The molecule has 24 heavy (non-hydrogen) atoms. The van der Waals surface area contributed by atoms with Gasteiger partial charge in [0.25, 0.3) is 5.91 Å². The minimum absolute atomic E-state index is 0.0717. The zero-order valence-corrected chi connectivity index (χ0v) is 14.6. The van der Waals surface area contributed by atoms with Crippen LogP contribution in [0.3, 0.4) is 0 Å². The lowest BCUT2D eigenvalue weighted by Gasteiger charge is -2.35. The molecule has 2 aliphatic heterocycles. The summed E-state index contributed by atoms with van der Waals surface area (Å²) in [4.78, 5) is 27.4. The van der Waals surface area contributed by atoms with E-state index in [0.29, 0.717) is 42.0 Å². The van der Waals surface area contributed by atoms with Crippen molar-refractivity contribution in [2.24, 2.45) is 0 Å². The average Bonchev–Trinajstić information content (AvgIpc) is 3.00. The summed E-state index contributed by atoms with van der Waals surface area (Å²) in [6.07, 6.45) is 1.26. The Bertz CT molecular complexity index is 633. The van der Waals surface area contributed by atoms with Crippen LogP contribution in [0.1, 0.15) is 12.8 Å². The van der Waals surface area contributed by atoms with Crippen LogP contribution in [0.25, 0.3) is 0 Å². The van der Waals surface area contributed by atoms with Gasteiger partial charge in [-0.2, -0.15) is 0 Å². The zero-order chi connectivity index (χ0) is 17.1. The molecule has 2 heterocycles. The number of likely N-dealkylation sites (tertiary alicyclic amines) is 1. The van der Waals surface area contributed by atoms with E-state index in [2.05, 4.69) is 0 Å². The topological polar surface area (TPSA) is 59.1 Å². The van der Waals surface area contributed by atoms with Crippen molar-refractivity contribution in [1.29, 1.82) is 0 Å². The van der Waals surface area contributed by atoms with E-state index >= 15 is 0 Å². The van der Waals surface area contributed by atoms with Crippen LogP contribution in [0.4, 0.5) is 4.79 Å². The molecule has 1 aromatic carbocycles. The van der Waals surface area contributed by atoms with Gasteiger partial charge in [-0.05, 0) is 31.0 Å². The second-order valence-electron chi connectivity index (χ2n) is 5.78. The smallest absolute Gasteiger partial charge is 0.410 e. The van der Waals surface area contributed by atoms with E-state index in [4.69, 9.17) is 32.7 Å². The number of nitrogens with zero attached hydrogens (tertiary/aromatic N) is 2. The van der Waals surface area contributed by atoms with Gasteiger partial charge in [-0.15, -0.1) is 0 Å². The molecule has 8 heteroatoms. The molecule has 2 saturated heterocycles. The number of ether oxygens (including phenoxy) is 2. The summed E-state index contributed by atoms with van der Waals surface area (Å²) in [5.41, 5.74) is 0. The van der Waals surface area contributed by atoms with E-state index in [9.17, 15) is 9.59 Å². The molecule has 0 aliphatic carbocycles. The molecule has 0 unspecified atom stereocenters. The van der Waals surface area contributed by atoms with Crippen LogP contribution >= 0.6 is 23.2 Å². The third-order valence-electron chi connectivity index (χ3n) is 4.30. The van der Waals surface area contributed by atoms with Gasteiger partial charge in [0.15, 0.2) is 6.61 Å². The fourth-order valence-corrected chi connectivity index (χ4v) is 3.45. The van der Waals surface area contributed by atoms with E-state index < -0.39 is 0 Å². The van der Waals surface area contributed by atoms with Crippen LogP contribution < -0.4 is 4.74 Å². The molecule has 0 bridgehead atoms. The highest BCUT2D eigenvalue weighted by Gasteiger charge is 2.33. The molecule has 0 N–H and O–H groups in total. The van der Waals surface area contributed by atoms with E-state index in [1.807, 2.05) is 0 Å². The largest absolute Gasteiger partial charge is 0.482 e. The molecule has 2 fully saturated rings. The first-order valence-electron chi connectivity index (χ1n) is 7.83. The van der Waals surface area contributed by atoms with Crippen molar-refractivity contribution in [2.75, 3.05) is 32.8 Å². The molecule has 1 aromatic rings. The number of carbonyl (C=O) groups excluding carboxylic acids is 2. The highest BCUT2D eigenvalue weighted by Crippen LogP contribution is 2.27. The van der Waals surface area contributed by atoms with Crippen LogP contribution in [-0.2, 0) is 9.53 Å². The standard InChI is InChI=1S/C16H18Cl2N2O4/c17-11-1-2-14(13(18)9-11)24-10-15(21)19-5-3-12(4-6-19)20-7-8-23-16(20)22/h1-2,9,12H,3-8,10H2. The third-order valence-corrected chi connectivity index (χ3v) is 4.83. The first-order valence-corrected chi connectivity index (χ1v) is 8.59. The summed E-state index contributed by atoms with van der Waals surface area (Å²) < 4.78 is 10.4. The highest BCUT2D eigenvalue weighted by molar-refractivity contribution is 6.35. The molecule has 0 radical (unpaired) electrons. The number of cyclic esters (lactones) is 1. The fourth-order valence-electron chi connectivity index (χ4n) is 2.99. The Balaban J connectivity index is 1.47. The van der Waals surface area contributed by atoms with Gasteiger partial charge in [0.2, 0.25) is 0 Å². The Hall–Kier alpha value is -1.66. The number of piperidine rings is 1. The Labute approximate surface area is 150 Å². The molecule has 0 spiro atoms. The van der Waals surface area contributed by atoms with Gasteiger partial charge < -0.3 is 19.3 Å². The van der Waals surface area contributed by atoms with Crippen LogP contribution in [-0.4, -0.2) is 60.7 Å². The number of halogens is 2. The van der Waals surface area contributed by atoms with E-state index in [0.717, 1.165) is 12.8 Å². The first-order chi connectivity index (χ1) is 11.5. The molecule has 0 atom stereocenters. The van der Waals surface area contributed by atoms with Crippen molar-refractivity contribution < 1.29 is 19.1 Å². The van der Waals surface area contributed by atoms with Crippen LogP contribution in [0.5, 0.6) is 5.75 Å². The number of hydrogen-bond acceptors (Lipinski definition) is 4. The van der Waals surface area contributed by atoms with Crippen LogP contribution in [0, 0.1) is 0 Å². The quantitative estimate of drug-likeness (QED) is 0.815. The predicted octanol–water partition coefficient (Wildman–Crippen LogP) is 2.82. The molecule has 2 amide bonds. The molecule has 6 nitrogen and oxygen atoms in total. The summed E-state index contributed by atoms with van der Waals surface area (Å²) in [5.74, 6) is 0.340. The van der Waals surface area contributed by atoms with Gasteiger partial charge in [0.05, 0.1) is 11.6 Å². The van der Waals surface area contributed by atoms with Gasteiger partial charge >= 0.3 is 6.09 Å². The fraction of sp³-hybridized carbons (Fsp3) is 0.500. The second-order valence-corrected chi connectivity index (χ2v) is 6.63. The van der Waals surface area contributed by atoms with Crippen molar-refractivity contribution >= 4 is 35.2 Å².